The molecule has 0 atom stereocenters. The number of carbonyl (C=O) groups is 2. The van der Waals surface area contributed by atoms with Crippen molar-refractivity contribution in [1.29, 1.82) is 0 Å². The van der Waals surface area contributed by atoms with Gasteiger partial charge < -0.3 is 14.0 Å². The van der Waals surface area contributed by atoms with E-state index >= 15 is 0 Å². The predicted octanol–water partition coefficient (Wildman–Crippen LogP) is 2.06. The highest BCUT2D eigenvalue weighted by Crippen LogP contribution is 2.16. The quantitative estimate of drug-likeness (QED) is 0.278. The van der Waals surface area contributed by atoms with Crippen LogP contribution in [0, 0.1) is 13.8 Å². The van der Waals surface area contributed by atoms with Crippen LogP contribution in [0.3, 0.4) is 0 Å². The number of Topliss-reactive ketones (excluding diaryl/α,β-unsaturated/α-hetero) is 1. The Morgan fingerprint density at radius 1 is 1.13 bits per heavy atom. The van der Waals surface area contributed by atoms with Crippen LogP contribution in [0.5, 0.6) is 0 Å². The van der Waals surface area contributed by atoms with Crippen molar-refractivity contribution in [1.82, 2.24) is 19.6 Å². The summed E-state index contributed by atoms with van der Waals surface area (Å²) in [6, 6.07) is 8.67. The number of carbonyl (C=O) groups excluding carboxylic acids is 2. The van der Waals surface area contributed by atoms with Crippen LogP contribution in [-0.4, -0.2) is 51.6 Å². The summed E-state index contributed by atoms with van der Waals surface area (Å²) in [7, 11) is 1.65. The summed E-state index contributed by atoms with van der Waals surface area (Å²) in [4.78, 5) is 37.1. The normalized spacial score (nSPS) is 11.1. The molecule has 9 heteroatoms. The lowest BCUT2D eigenvalue weighted by molar-refractivity contribution is -0.142. The molecule has 0 amide bonds. The number of methoxy groups -OCH3 is 1. The van der Waals surface area contributed by atoms with E-state index in [4.69, 9.17) is 9.47 Å². The monoisotopic (exact) mass is 426 g/mol. The van der Waals surface area contributed by atoms with Gasteiger partial charge in [-0.25, -0.2) is 4.68 Å². The Morgan fingerprint density at radius 2 is 1.90 bits per heavy atom. The molecule has 0 aliphatic carbocycles. The molecule has 164 valence electrons. The second-order valence-corrected chi connectivity index (χ2v) is 7.25. The van der Waals surface area contributed by atoms with Crippen molar-refractivity contribution in [3.05, 3.63) is 57.6 Å². The summed E-state index contributed by atoms with van der Waals surface area (Å²) in [6.45, 7) is 4.88. The van der Waals surface area contributed by atoms with Gasteiger partial charge in [0.05, 0.1) is 18.4 Å². The summed E-state index contributed by atoms with van der Waals surface area (Å²) < 4.78 is 13.4. The lowest BCUT2D eigenvalue weighted by Gasteiger charge is -2.09. The molecule has 0 fully saturated rings. The summed E-state index contributed by atoms with van der Waals surface area (Å²) in [5, 5.41) is 8.25. The van der Waals surface area contributed by atoms with Gasteiger partial charge in [-0.15, -0.1) is 5.10 Å². The SMILES string of the molecule is COCCCn1c(C)cc(C(=O)COC(=O)CCn2nnc3ccccc3c2=O)c1C. The topological polar surface area (TPSA) is 105 Å². The van der Waals surface area contributed by atoms with Gasteiger partial charge in [-0.2, -0.15) is 0 Å². The average Bonchev–Trinajstić information content (AvgIpc) is 3.05. The van der Waals surface area contributed by atoms with E-state index < -0.39 is 5.97 Å². The number of hydrogen-bond acceptors (Lipinski definition) is 7. The van der Waals surface area contributed by atoms with E-state index in [1.165, 1.54) is 0 Å². The van der Waals surface area contributed by atoms with Crippen molar-refractivity contribution in [3.8, 4) is 0 Å². The molecular formula is C22H26N4O5. The molecule has 1 aromatic carbocycles. The van der Waals surface area contributed by atoms with Crippen LogP contribution >= 0.6 is 0 Å². The van der Waals surface area contributed by atoms with E-state index in [0.717, 1.165) is 29.0 Å². The van der Waals surface area contributed by atoms with Gasteiger partial charge in [0.1, 0.15) is 5.52 Å². The Balaban J connectivity index is 1.55. The Labute approximate surface area is 179 Å². The molecule has 0 spiro atoms. The number of ether oxygens (including phenoxy) is 2. The lowest BCUT2D eigenvalue weighted by Crippen LogP contribution is -2.26. The minimum atomic E-state index is -0.580. The van der Waals surface area contributed by atoms with Crippen molar-refractivity contribution in [2.75, 3.05) is 20.3 Å². The summed E-state index contributed by atoms with van der Waals surface area (Å²) in [6.07, 6.45) is 0.753. The molecule has 0 saturated carbocycles. The first-order chi connectivity index (χ1) is 14.9. The molecule has 0 N–H and O–H groups in total. The highest BCUT2D eigenvalue weighted by molar-refractivity contribution is 5.99. The minimum absolute atomic E-state index is 0.0255. The number of aromatic nitrogens is 4. The molecule has 0 aliphatic heterocycles. The molecule has 0 radical (unpaired) electrons. The summed E-state index contributed by atoms with van der Waals surface area (Å²) in [5.74, 6) is -0.841. The van der Waals surface area contributed by atoms with E-state index in [0.29, 0.717) is 23.1 Å². The molecule has 3 rings (SSSR count). The van der Waals surface area contributed by atoms with Crippen molar-refractivity contribution in [2.45, 2.75) is 39.8 Å². The minimum Gasteiger partial charge on any atom is -0.457 e. The zero-order chi connectivity index (χ0) is 22.4. The number of esters is 1. The number of rotatable bonds is 10. The van der Waals surface area contributed by atoms with Crippen LogP contribution in [0.1, 0.15) is 34.6 Å². The first-order valence-electron chi connectivity index (χ1n) is 10.1. The fourth-order valence-corrected chi connectivity index (χ4v) is 3.46. The highest BCUT2D eigenvalue weighted by Gasteiger charge is 2.17. The zero-order valence-corrected chi connectivity index (χ0v) is 18.0. The van der Waals surface area contributed by atoms with Gasteiger partial charge in [0.25, 0.3) is 5.56 Å². The first-order valence-corrected chi connectivity index (χ1v) is 10.1. The molecular weight excluding hydrogens is 400 g/mol. The number of aryl methyl sites for hydroxylation is 2. The van der Waals surface area contributed by atoms with Gasteiger partial charge in [-0.3, -0.25) is 14.4 Å². The molecule has 2 aromatic heterocycles. The zero-order valence-electron chi connectivity index (χ0n) is 18.0. The van der Waals surface area contributed by atoms with Crippen molar-refractivity contribution in [3.63, 3.8) is 0 Å². The fourth-order valence-electron chi connectivity index (χ4n) is 3.46. The van der Waals surface area contributed by atoms with E-state index in [2.05, 4.69) is 14.9 Å². The standard InChI is InChI=1S/C22H26N4O5/c1-15-13-18(16(2)25(15)10-6-12-30-3)20(27)14-31-21(28)9-11-26-22(29)17-7-4-5-8-19(17)23-24-26/h4-5,7-8,13H,6,9-12,14H2,1-3H3. The maximum absolute atomic E-state index is 12.5. The number of nitrogens with zero attached hydrogens (tertiary/aromatic N) is 4. The Kier molecular flexibility index (Phi) is 7.30. The number of benzene rings is 1. The largest absolute Gasteiger partial charge is 0.457 e. The predicted molar refractivity (Wildman–Crippen MR) is 114 cm³/mol. The number of hydrogen-bond donors (Lipinski definition) is 0. The van der Waals surface area contributed by atoms with Crippen LogP contribution in [0.2, 0.25) is 0 Å². The maximum Gasteiger partial charge on any atom is 0.308 e. The van der Waals surface area contributed by atoms with E-state index in [1.54, 1.807) is 31.4 Å². The van der Waals surface area contributed by atoms with Gasteiger partial charge in [-0.05, 0) is 38.5 Å². The summed E-state index contributed by atoms with van der Waals surface area (Å²) >= 11 is 0. The number of fused-ring (bicyclic) bond motifs is 1. The van der Waals surface area contributed by atoms with Crippen molar-refractivity contribution in [2.24, 2.45) is 0 Å². The van der Waals surface area contributed by atoms with Gasteiger partial charge in [-0.1, -0.05) is 17.3 Å². The second kappa shape index (κ2) is 10.1. The molecule has 0 unspecified atom stereocenters. The van der Waals surface area contributed by atoms with Gasteiger partial charge in [0.2, 0.25) is 5.78 Å². The smallest absolute Gasteiger partial charge is 0.308 e. The lowest BCUT2D eigenvalue weighted by atomic mass is 10.1. The van der Waals surface area contributed by atoms with Crippen LogP contribution in [-0.2, 0) is 27.4 Å². The first kappa shape index (κ1) is 22.4. The molecule has 2 heterocycles. The molecule has 31 heavy (non-hydrogen) atoms. The Bertz CT molecular complexity index is 1150. The van der Waals surface area contributed by atoms with Crippen LogP contribution in [0.15, 0.2) is 35.1 Å². The van der Waals surface area contributed by atoms with Crippen molar-refractivity contribution < 1.29 is 19.1 Å². The Hall–Kier alpha value is -3.33. The van der Waals surface area contributed by atoms with Crippen molar-refractivity contribution >= 4 is 22.7 Å². The van der Waals surface area contributed by atoms with Crippen LogP contribution in [0.4, 0.5) is 0 Å². The molecule has 0 saturated heterocycles. The van der Waals surface area contributed by atoms with Crippen LogP contribution < -0.4 is 5.56 Å². The molecule has 0 aliphatic rings. The second-order valence-electron chi connectivity index (χ2n) is 7.25. The molecule has 9 nitrogen and oxygen atoms in total. The van der Waals surface area contributed by atoms with Gasteiger partial charge in [0.15, 0.2) is 6.61 Å². The van der Waals surface area contributed by atoms with E-state index in [1.807, 2.05) is 19.9 Å². The third-order valence-electron chi connectivity index (χ3n) is 5.13. The van der Waals surface area contributed by atoms with Gasteiger partial charge >= 0.3 is 5.97 Å². The fraction of sp³-hybridized carbons (Fsp3) is 0.409. The third-order valence-corrected chi connectivity index (χ3v) is 5.13. The highest BCUT2D eigenvalue weighted by atomic mass is 16.5. The Morgan fingerprint density at radius 3 is 2.68 bits per heavy atom. The summed E-state index contributed by atoms with van der Waals surface area (Å²) in [5.41, 5.74) is 2.52. The maximum atomic E-state index is 12.5. The molecule has 0 bridgehead atoms. The van der Waals surface area contributed by atoms with E-state index in [-0.39, 0.29) is 30.9 Å². The average molecular weight is 426 g/mol. The molecule has 3 aromatic rings. The van der Waals surface area contributed by atoms with E-state index in [9.17, 15) is 14.4 Å². The third kappa shape index (κ3) is 5.24. The van der Waals surface area contributed by atoms with Crippen LogP contribution in [0.25, 0.3) is 10.9 Å². The number of ketones is 1. The van der Waals surface area contributed by atoms with Gasteiger partial charge in [0, 0.05) is 37.2 Å².